The highest BCUT2D eigenvalue weighted by atomic mass is 19.1. The zero-order valence-corrected chi connectivity index (χ0v) is 27.4. The van der Waals surface area contributed by atoms with Crippen molar-refractivity contribution in [1.29, 1.82) is 0 Å². The Morgan fingerprint density at radius 3 is 2.11 bits per heavy atom. The van der Waals surface area contributed by atoms with Gasteiger partial charge in [-0.15, -0.1) is 0 Å². The first-order chi connectivity index (χ1) is 22.4. The van der Waals surface area contributed by atoms with E-state index in [4.69, 9.17) is 0 Å². The summed E-state index contributed by atoms with van der Waals surface area (Å²) < 4.78 is 30.9. The van der Waals surface area contributed by atoms with Crippen LogP contribution in [0.5, 0.6) is 0 Å². The fourth-order valence-electron chi connectivity index (χ4n) is 5.65. The average Bonchev–Trinajstić information content (AvgIpc) is 3.51. The van der Waals surface area contributed by atoms with Crippen LogP contribution in [0.1, 0.15) is 57.1 Å². The Labute approximate surface area is 273 Å². The van der Waals surface area contributed by atoms with Crippen molar-refractivity contribution in [2.24, 2.45) is 5.92 Å². The van der Waals surface area contributed by atoms with Crippen LogP contribution in [0.3, 0.4) is 0 Å². The van der Waals surface area contributed by atoms with Gasteiger partial charge < -0.3 is 25.8 Å². The van der Waals surface area contributed by atoms with Gasteiger partial charge in [0.1, 0.15) is 29.4 Å². The number of hydrogen-bond donors (Lipinski definition) is 3. The minimum Gasteiger partial charge on any atom is -0.344 e. The van der Waals surface area contributed by atoms with E-state index < -0.39 is 47.2 Å². The van der Waals surface area contributed by atoms with Crippen molar-refractivity contribution in [3.8, 4) is 0 Å². The maximum atomic E-state index is 15.6. The lowest BCUT2D eigenvalue weighted by Crippen LogP contribution is -2.55. The molecule has 4 atom stereocenters. The Bertz CT molecular complexity index is 1570. The molecule has 1 aliphatic heterocycles. The fourth-order valence-corrected chi connectivity index (χ4v) is 5.65. The van der Waals surface area contributed by atoms with Gasteiger partial charge in [-0.25, -0.2) is 13.5 Å². The molecule has 1 aromatic heterocycles. The van der Waals surface area contributed by atoms with Crippen molar-refractivity contribution in [1.82, 2.24) is 24.9 Å². The van der Waals surface area contributed by atoms with Gasteiger partial charge in [0, 0.05) is 57.0 Å². The summed E-state index contributed by atoms with van der Waals surface area (Å²) in [4.78, 5) is 57.0. The summed E-state index contributed by atoms with van der Waals surface area (Å²) in [6, 6.07) is 10.4. The highest BCUT2D eigenvalue weighted by Gasteiger charge is 2.35. The van der Waals surface area contributed by atoms with E-state index in [2.05, 4.69) is 25.9 Å². The summed E-state index contributed by atoms with van der Waals surface area (Å²) in [5.74, 6) is -5.40. The highest BCUT2D eigenvalue weighted by Crippen LogP contribution is 2.30. The first-order valence-corrected chi connectivity index (χ1v) is 15.9. The van der Waals surface area contributed by atoms with E-state index in [1.807, 2.05) is 14.0 Å². The third-order valence-electron chi connectivity index (χ3n) is 8.72. The molecule has 4 amide bonds. The van der Waals surface area contributed by atoms with Gasteiger partial charge in [-0.1, -0.05) is 39.0 Å². The smallest absolute Gasteiger partial charge is 0.245 e. The third kappa shape index (κ3) is 8.59. The van der Waals surface area contributed by atoms with Crippen molar-refractivity contribution in [3.05, 3.63) is 77.5 Å². The van der Waals surface area contributed by atoms with Gasteiger partial charge in [0.25, 0.3) is 0 Å². The van der Waals surface area contributed by atoms with Crippen molar-refractivity contribution in [2.45, 2.75) is 58.5 Å². The molecule has 0 radical (unpaired) electrons. The first kappa shape index (κ1) is 35.2. The van der Waals surface area contributed by atoms with Crippen molar-refractivity contribution < 1.29 is 28.0 Å². The number of aryl methyl sites for hydroxylation is 1. The molecule has 252 valence electrons. The largest absolute Gasteiger partial charge is 0.344 e. The Hall–Kier alpha value is -4.65. The van der Waals surface area contributed by atoms with Crippen LogP contribution in [0.15, 0.2) is 54.7 Å². The van der Waals surface area contributed by atoms with Crippen molar-refractivity contribution in [3.63, 3.8) is 0 Å². The van der Waals surface area contributed by atoms with Crippen LogP contribution in [0.4, 0.5) is 20.3 Å². The zero-order chi connectivity index (χ0) is 34.2. The third-order valence-corrected chi connectivity index (χ3v) is 8.72. The molecule has 1 aliphatic rings. The maximum absolute atomic E-state index is 15.6. The minimum atomic E-state index is -1.33. The highest BCUT2D eigenvalue weighted by molar-refractivity contribution is 6.11. The molecule has 4 rings (SSSR count). The standard InChI is InChI=1S/C34H43F2N7O4/c1-6-29(44)40-31(34(47)42-18-16-41(5)17-19-42)22(4)24-10-13-27(26(36)20-24)38-32(45)30(21(3)23-8-11-25(35)12-9-23)33(46)39-28-14-15-37-43(28)7-2/h8-15,20-22,30-31H,6-7,16-19H2,1-5H3,(H,38,45)(H,39,46)(H,40,44)/t21-,22+,30+,31-/m1/s1. The second kappa shape index (κ2) is 15.8. The number of benzene rings is 2. The van der Waals surface area contributed by atoms with Gasteiger partial charge in [0.15, 0.2) is 0 Å². The molecule has 0 bridgehead atoms. The van der Waals surface area contributed by atoms with E-state index in [0.717, 1.165) is 0 Å². The molecule has 2 aromatic carbocycles. The van der Waals surface area contributed by atoms with Crippen LogP contribution >= 0.6 is 0 Å². The second-order valence-electron chi connectivity index (χ2n) is 11.9. The summed E-state index contributed by atoms with van der Waals surface area (Å²) in [7, 11) is 1.98. The van der Waals surface area contributed by atoms with E-state index >= 15 is 4.39 Å². The lowest BCUT2D eigenvalue weighted by molar-refractivity contribution is -0.138. The second-order valence-corrected chi connectivity index (χ2v) is 11.9. The van der Waals surface area contributed by atoms with Gasteiger partial charge in [0.05, 0.1) is 11.9 Å². The zero-order valence-electron chi connectivity index (χ0n) is 27.4. The summed E-state index contributed by atoms with van der Waals surface area (Å²) in [5.41, 5.74) is 0.833. The van der Waals surface area contributed by atoms with Crippen LogP contribution in [0.2, 0.25) is 0 Å². The minimum absolute atomic E-state index is 0.159. The predicted octanol–water partition coefficient (Wildman–Crippen LogP) is 3.95. The van der Waals surface area contributed by atoms with Gasteiger partial charge >= 0.3 is 0 Å². The molecule has 47 heavy (non-hydrogen) atoms. The first-order valence-electron chi connectivity index (χ1n) is 15.9. The van der Waals surface area contributed by atoms with E-state index in [1.54, 1.807) is 42.5 Å². The lowest BCUT2D eigenvalue weighted by atomic mass is 9.86. The lowest BCUT2D eigenvalue weighted by Gasteiger charge is -2.36. The number of anilines is 2. The molecule has 1 saturated heterocycles. The van der Waals surface area contributed by atoms with Gasteiger partial charge in [0.2, 0.25) is 23.6 Å². The van der Waals surface area contributed by atoms with Crippen molar-refractivity contribution in [2.75, 3.05) is 43.9 Å². The number of piperazine rings is 1. The number of halogens is 2. The number of carbonyl (C=O) groups excluding carboxylic acids is 4. The molecule has 2 heterocycles. The number of hydrogen-bond acceptors (Lipinski definition) is 6. The SMILES string of the molecule is CCC(=O)N[C@@H](C(=O)N1CCN(C)CC1)[C@@H](C)c1ccc(NC(=O)[C@@H](C(=O)Nc2ccnn2CC)[C@H](C)c2ccc(F)cc2)c(F)c1. The molecule has 0 unspecified atom stereocenters. The number of nitrogens with one attached hydrogen (secondary N) is 3. The Morgan fingerprint density at radius 1 is 0.851 bits per heavy atom. The van der Waals surface area contributed by atoms with Crippen LogP contribution in [-0.2, 0) is 25.7 Å². The number of carbonyl (C=O) groups is 4. The normalized spacial score (nSPS) is 16.1. The molecule has 3 aromatic rings. The molecule has 0 saturated carbocycles. The maximum Gasteiger partial charge on any atom is 0.245 e. The molecule has 0 spiro atoms. The number of nitrogens with zero attached hydrogens (tertiary/aromatic N) is 4. The van der Waals surface area contributed by atoms with E-state index in [-0.39, 0.29) is 23.9 Å². The molecule has 11 nitrogen and oxygen atoms in total. The summed E-state index contributed by atoms with van der Waals surface area (Å²) in [6.07, 6.45) is 1.71. The molecular formula is C34H43F2N7O4. The van der Waals surface area contributed by atoms with Gasteiger partial charge in [-0.2, -0.15) is 5.10 Å². The van der Waals surface area contributed by atoms with E-state index in [0.29, 0.717) is 49.7 Å². The van der Waals surface area contributed by atoms with Crippen LogP contribution in [-0.4, -0.2) is 82.5 Å². The number of rotatable bonds is 12. The summed E-state index contributed by atoms with van der Waals surface area (Å²) in [5, 5.41) is 12.3. The molecule has 1 fully saturated rings. The average molecular weight is 652 g/mol. The predicted molar refractivity (Wildman–Crippen MR) is 175 cm³/mol. The molecular weight excluding hydrogens is 608 g/mol. The summed E-state index contributed by atoms with van der Waals surface area (Å²) >= 11 is 0. The van der Waals surface area contributed by atoms with Crippen molar-refractivity contribution >= 4 is 35.1 Å². The Kier molecular flexibility index (Phi) is 11.8. The Balaban J connectivity index is 1.57. The van der Waals surface area contributed by atoms with E-state index in [1.165, 1.54) is 42.6 Å². The molecule has 0 aliphatic carbocycles. The number of likely N-dealkylation sites (N-methyl/N-ethyl adjacent to an activating group) is 1. The van der Waals surface area contributed by atoms with Crippen LogP contribution in [0, 0.1) is 17.6 Å². The number of aromatic nitrogens is 2. The van der Waals surface area contributed by atoms with Crippen LogP contribution in [0.25, 0.3) is 0 Å². The topological polar surface area (TPSA) is 129 Å². The van der Waals surface area contributed by atoms with E-state index in [9.17, 15) is 23.6 Å². The monoisotopic (exact) mass is 651 g/mol. The van der Waals surface area contributed by atoms with Crippen LogP contribution < -0.4 is 16.0 Å². The molecule has 3 N–H and O–H groups in total. The fraction of sp³-hybridized carbons (Fsp3) is 0.441. The molecule has 13 heteroatoms. The summed E-state index contributed by atoms with van der Waals surface area (Å²) in [6.45, 7) is 9.88. The van der Waals surface area contributed by atoms with Gasteiger partial charge in [-0.3, -0.25) is 19.2 Å². The Morgan fingerprint density at radius 2 is 1.49 bits per heavy atom. The quantitative estimate of drug-likeness (QED) is 0.255. The number of amides is 4. The van der Waals surface area contributed by atoms with Gasteiger partial charge in [-0.05, 0) is 49.4 Å².